The zero-order valence-electron chi connectivity index (χ0n) is 14.7. The number of carbonyl (C=O) groups is 2. The Morgan fingerprint density at radius 2 is 2.26 bits per heavy atom. The van der Waals surface area contributed by atoms with E-state index in [0.29, 0.717) is 21.9 Å². The van der Waals surface area contributed by atoms with Crippen LogP contribution in [0.5, 0.6) is 0 Å². The number of hydrogen-bond acceptors (Lipinski definition) is 5. The molecule has 1 aliphatic heterocycles. The molecule has 1 aromatic heterocycles. The first-order valence-electron chi connectivity index (χ1n) is 8.18. The molecule has 10 heteroatoms. The van der Waals surface area contributed by atoms with Crippen molar-refractivity contribution in [3.63, 3.8) is 0 Å². The second-order valence-corrected chi connectivity index (χ2v) is 6.33. The summed E-state index contributed by atoms with van der Waals surface area (Å²) in [5.74, 6) is -0.710. The van der Waals surface area contributed by atoms with Crippen LogP contribution in [0, 0.1) is 5.82 Å². The average molecular weight is 391 g/mol. The molecular weight excluding hydrogens is 373 g/mol. The molecule has 1 aliphatic rings. The van der Waals surface area contributed by atoms with E-state index < -0.39 is 18.0 Å². The molecule has 1 fully saturated rings. The Morgan fingerprint density at radius 3 is 2.93 bits per heavy atom. The van der Waals surface area contributed by atoms with Crippen LogP contribution in [-0.4, -0.2) is 53.1 Å². The number of rotatable bonds is 4. The molecule has 0 unspecified atom stereocenters. The number of ether oxygens (including phenoxy) is 1. The largest absolute Gasteiger partial charge is 0.442 e. The van der Waals surface area contributed by atoms with Crippen LogP contribution in [0.25, 0.3) is 11.1 Å². The number of nitrogens with zero attached hydrogens (tertiary/aromatic N) is 3. The van der Waals surface area contributed by atoms with E-state index >= 15 is 0 Å². The van der Waals surface area contributed by atoms with Crippen LogP contribution in [0.2, 0.25) is 0 Å². The topological polar surface area (TPSA) is 88.5 Å². The lowest BCUT2D eigenvalue weighted by Gasteiger charge is -2.14. The number of halogens is 1. The minimum atomic E-state index is -0.579. The van der Waals surface area contributed by atoms with E-state index in [1.165, 1.54) is 28.8 Å². The number of hydrogen-bond donors (Lipinski definition) is 2. The molecule has 2 amide bonds. The van der Waals surface area contributed by atoms with Crippen molar-refractivity contribution in [3.05, 3.63) is 36.4 Å². The first kappa shape index (κ1) is 18.8. The number of aromatic nitrogens is 2. The summed E-state index contributed by atoms with van der Waals surface area (Å²) < 4.78 is 21.3. The van der Waals surface area contributed by atoms with Crippen LogP contribution >= 0.6 is 12.2 Å². The van der Waals surface area contributed by atoms with E-state index in [1.54, 1.807) is 25.4 Å². The van der Waals surface area contributed by atoms with Gasteiger partial charge in [-0.15, -0.1) is 0 Å². The van der Waals surface area contributed by atoms with Gasteiger partial charge in [0.05, 0.1) is 25.0 Å². The third kappa shape index (κ3) is 4.05. The number of thiocarbonyl (C=S) groups is 1. The molecule has 8 nitrogen and oxygen atoms in total. The second kappa shape index (κ2) is 7.70. The fourth-order valence-corrected chi connectivity index (χ4v) is 2.79. The molecule has 1 saturated heterocycles. The molecule has 0 aliphatic carbocycles. The molecule has 1 aromatic carbocycles. The number of nitrogens with one attached hydrogen (secondary N) is 2. The standard InChI is InChI=1S/C17H18FN5O3S/c1-10(24)20-7-13-9-22(17(25)26-13)12-3-4-14(15(18)5-12)11-6-21-23(8-11)16(27)19-2/h3-6,8,13H,7,9H2,1-2H3,(H,19,27)(H,20,24)/t13-/m0/s1. The highest BCUT2D eigenvalue weighted by atomic mass is 32.1. The molecule has 0 spiro atoms. The minimum Gasteiger partial charge on any atom is -0.442 e. The minimum absolute atomic E-state index is 0.210. The predicted octanol–water partition coefficient (Wildman–Crippen LogP) is 1.50. The smallest absolute Gasteiger partial charge is 0.414 e. The molecule has 2 aromatic rings. The third-order valence-corrected chi connectivity index (χ3v) is 4.42. The van der Waals surface area contributed by atoms with E-state index in [-0.39, 0.29) is 19.0 Å². The van der Waals surface area contributed by atoms with Crippen molar-refractivity contribution in [2.45, 2.75) is 13.0 Å². The summed E-state index contributed by atoms with van der Waals surface area (Å²) in [6.45, 7) is 1.82. The molecule has 2 heterocycles. The second-order valence-electron chi connectivity index (χ2n) is 5.95. The Hall–Kier alpha value is -3.01. The summed E-state index contributed by atoms with van der Waals surface area (Å²) >= 11 is 5.08. The SMILES string of the molecule is CNC(=S)n1cc(-c2ccc(N3C[C@H](CNC(C)=O)OC3=O)cc2F)cn1. The van der Waals surface area contributed by atoms with Crippen molar-refractivity contribution in [1.82, 2.24) is 20.4 Å². The normalized spacial score (nSPS) is 16.2. The molecule has 0 bridgehead atoms. The van der Waals surface area contributed by atoms with Gasteiger partial charge in [0.25, 0.3) is 0 Å². The summed E-state index contributed by atoms with van der Waals surface area (Å²) in [6, 6.07) is 4.47. The summed E-state index contributed by atoms with van der Waals surface area (Å²) in [5, 5.41) is 9.86. The van der Waals surface area contributed by atoms with Crippen molar-refractivity contribution in [3.8, 4) is 11.1 Å². The van der Waals surface area contributed by atoms with Gasteiger partial charge in [0, 0.05) is 31.3 Å². The van der Waals surface area contributed by atoms with Gasteiger partial charge in [-0.3, -0.25) is 9.69 Å². The monoisotopic (exact) mass is 391 g/mol. The predicted molar refractivity (Wildman–Crippen MR) is 101 cm³/mol. The lowest BCUT2D eigenvalue weighted by Crippen LogP contribution is -2.33. The number of benzene rings is 1. The Morgan fingerprint density at radius 1 is 1.48 bits per heavy atom. The highest BCUT2D eigenvalue weighted by Crippen LogP contribution is 2.28. The molecule has 0 radical (unpaired) electrons. The fourth-order valence-electron chi connectivity index (χ4n) is 2.69. The summed E-state index contributed by atoms with van der Waals surface area (Å²) in [6.07, 6.45) is 2.06. The van der Waals surface area contributed by atoms with Gasteiger partial charge in [-0.1, -0.05) is 0 Å². The lowest BCUT2D eigenvalue weighted by molar-refractivity contribution is -0.119. The van der Waals surface area contributed by atoms with Crippen LogP contribution < -0.4 is 15.5 Å². The van der Waals surface area contributed by atoms with Gasteiger partial charge in [0.2, 0.25) is 5.91 Å². The molecule has 142 valence electrons. The number of anilines is 1. The van der Waals surface area contributed by atoms with Gasteiger partial charge in [0.1, 0.15) is 11.9 Å². The van der Waals surface area contributed by atoms with Gasteiger partial charge in [0.15, 0.2) is 5.11 Å². The highest BCUT2D eigenvalue weighted by molar-refractivity contribution is 7.80. The number of amides is 2. The number of carbonyl (C=O) groups excluding carboxylic acids is 2. The van der Waals surface area contributed by atoms with Crippen LogP contribution in [0.4, 0.5) is 14.9 Å². The van der Waals surface area contributed by atoms with E-state index in [1.807, 2.05) is 0 Å². The Bertz CT molecular complexity index is 900. The van der Waals surface area contributed by atoms with Crippen molar-refractivity contribution < 1.29 is 18.7 Å². The van der Waals surface area contributed by atoms with Crippen molar-refractivity contribution >= 4 is 35.0 Å². The molecule has 0 saturated carbocycles. The first-order valence-corrected chi connectivity index (χ1v) is 8.59. The van der Waals surface area contributed by atoms with Gasteiger partial charge in [-0.25, -0.2) is 13.9 Å². The zero-order chi connectivity index (χ0) is 19.6. The number of cyclic esters (lactones) is 1. The maximum atomic E-state index is 14.6. The molecule has 2 N–H and O–H groups in total. The van der Waals surface area contributed by atoms with Crippen molar-refractivity contribution in [1.29, 1.82) is 0 Å². The van der Waals surface area contributed by atoms with Crippen LogP contribution in [0.15, 0.2) is 30.6 Å². The third-order valence-electron chi connectivity index (χ3n) is 4.03. The zero-order valence-corrected chi connectivity index (χ0v) is 15.5. The van der Waals surface area contributed by atoms with Crippen molar-refractivity contribution in [2.75, 3.05) is 25.0 Å². The quantitative estimate of drug-likeness (QED) is 0.768. The van der Waals surface area contributed by atoms with Gasteiger partial charge in [-0.05, 0) is 30.4 Å². The first-order chi connectivity index (χ1) is 12.9. The van der Waals surface area contributed by atoms with Gasteiger partial charge >= 0.3 is 6.09 Å². The maximum Gasteiger partial charge on any atom is 0.414 e. The maximum absolute atomic E-state index is 14.6. The summed E-state index contributed by atoms with van der Waals surface area (Å²) in [5.41, 5.74) is 1.28. The average Bonchev–Trinajstić information content (AvgIpc) is 3.26. The van der Waals surface area contributed by atoms with E-state index in [4.69, 9.17) is 17.0 Å². The van der Waals surface area contributed by atoms with Crippen molar-refractivity contribution in [2.24, 2.45) is 0 Å². The van der Waals surface area contributed by atoms with E-state index in [9.17, 15) is 14.0 Å². The van der Waals surface area contributed by atoms with Gasteiger partial charge < -0.3 is 15.4 Å². The van der Waals surface area contributed by atoms with Crippen LogP contribution in [0.1, 0.15) is 6.92 Å². The highest BCUT2D eigenvalue weighted by Gasteiger charge is 2.32. The molecular formula is C17H18FN5O3S. The van der Waals surface area contributed by atoms with E-state index in [0.717, 1.165) is 0 Å². The fraction of sp³-hybridized carbons (Fsp3) is 0.294. The molecule has 1 atom stereocenters. The summed E-state index contributed by atoms with van der Waals surface area (Å²) in [7, 11) is 1.67. The molecule has 3 rings (SSSR count). The van der Waals surface area contributed by atoms with E-state index in [2.05, 4.69) is 15.7 Å². The van der Waals surface area contributed by atoms with Gasteiger partial charge in [-0.2, -0.15) is 5.10 Å². The Labute approximate surface area is 160 Å². The molecule has 27 heavy (non-hydrogen) atoms. The Balaban J connectivity index is 1.77. The van der Waals surface area contributed by atoms with Crippen LogP contribution in [0.3, 0.4) is 0 Å². The summed E-state index contributed by atoms with van der Waals surface area (Å²) in [4.78, 5) is 24.4. The lowest BCUT2D eigenvalue weighted by atomic mass is 10.1. The Kier molecular flexibility index (Phi) is 5.36. The van der Waals surface area contributed by atoms with Crippen LogP contribution in [-0.2, 0) is 9.53 Å².